The minimum atomic E-state index is -0.436. The molecule has 0 saturated heterocycles. The second-order valence-corrected chi connectivity index (χ2v) is 14.6. The van der Waals surface area contributed by atoms with Crippen LogP contribution in [0, 0.1) is 0 Å². The molecular weight excluding hydrogens is 683 g/mol. The molecule has 2 aliphatic carbocycles. The Hall–Kier alpha value is -7.43. The molecule has 2 aromatic heterocycles. The van der Waals surface area contributed by atoms with Crippen molar-refractivity contribution in [1.29, 1.82) is 0 Å². The standard InChI is InChI=1S/C52H31N3O/c1-3-15-32(16-4-1)49-53-50(33-17-5-2-6-18-33)55-51(54-49)41-30-29-35(48-47(41)40-22-10-14-26-46(40)56-48)34-27-28-39-38-21-9-13-25-44(38)52(45(39)31-34)42-23-11-7-19-36(42)37-20-8-12-24-43(37)52/h1-31H. The van der Waals surface area contributed by atoms with Crippen LogP contribution < -0.4 is 0 Å². The lowest BCUT2D eigenvalue weighted by atomic mass is 9.70. The molecule has 0 radical (unpaired) electrons. The largest absolute Gasteiger partial charge is 0.455 e. The van der Waals surface area contributed by atoms with Gasteiger partial charge in [0, 0.05) is 33.0 Å². The first-order chi connectivity index (χ1) is 27.8. The third-order valence-electron chi connectivity index (χ3n) is 11.8. The van der Waals surface area contributed by atoms with Gasteiger partial charge in [-0.15, -0.1) is 0 Å². The number of hydrogen-bond acceptors (Lipinski definition) is 4. The smallest absolute Gasteiger partial charge is 0.164 e. The van der Waals surface area contributed by atoms with Crippen LogP contribution >= 0.6 is 0 Å². The minimum Gasteiger partial charge on any atom is -0.455 e. The normalized spacial score (nSPS) is 13.1. The van der Waals surface area contributed by atoms with Crippen LogP contribution in [-0.2, 0) is 5.41 Å². The van der Waals surface area contributed by atoms with Crippen LogP contribution in [0.15, 0.2) is 192 Å². The average molecular weight is 714 g/mol. The molecule has 10 aromatic rings. The summed E-state index contributed by atoms with van der Waals surface area (Å²) < 4.78 is 6.87. The average Bonchev–Trinajstić information content (AvgIpc) is 3.91. The summed E-state index contributed by atoms with van der Waals surface area (Å²) in [5.41, 5.74) is 16.5. The predicted molar refractivity (Wildman–Crippen MR) is 225 cm³/mol. The maximum atomic E-state index is 6.87. The molecule has 8 aromatic carbocycles. The van der Waals surface area contributed by atoms with Gasteiger partial charge in [0.15, 0.2) is 17.5 Å². The summed E-state index contributed by atoms with van der Waals surface area (Å²) in [6.45, 7) is 0. The molecule has 1 spiro atoms. The van der Waals surface area contributed by atoms with E-state index in [1.807, 2.05) is 72.8 Å². The van der Waals surface area contributed by atoms with Crippen molar-refractivity contribution in [2.24, 2.45) is 0 Å². The maximum absolute atomic E-state index is 6.87. The van der Waals surface area contributed by atoms with Crippen LogP contribution in [0.4, 0.5) is 0 Å². The molecule has 4 heteroatoms. The lowest BCUT2D eigenvalue weighted by Crippen LogP contribution is -2.25. The maximum Gasteiger partial charge on any atom is 0.164 e. The molecule has 56 heavy (non-hydrogen) atoms. The number of nitrogens with zero attached hydrogens (tertiary/aromatic N) is 3. The molecule has 2 heterocycles. The van der Waals surface area contributed by atoms with Crippen LogP contribution in [0.25, 0.3) is 89.5 Å². The number of para-hydroxylation sites is 1. The SMILES string of the molecule is c1ccc(-c2nc(-c3ccccc3)nc(-c3ccc(-c4ccc5c(c4)C4(c6ccccc6-c6ccccc64)c4ccccc4-5)c4oc5ccccc5c34)n2)cc1. The monoisotopic (exact) mass is 713 g/mol. The number of aromatic nitrogens is 3. The van der Waals surface area contributed by atoms with E-state index in [1.54, 1.807) is 0 Å². The van der Waals surface area contributed by atoms with Gasteiger partial charge in [-0.3, -0.25) is 0 Å². The fourth-order valence-corrected chi connectivity index (χ4v) is 9.43. The first-order valence-electron chi connectivity index (χ1n) is 19.0. The summed E-state index contributed by atoms with van der Waals surface area (Å²) in [6, 6.07) is 66.6. The topological polar surface area (TPSA) is 51.8 Å². The third kappa shape index (κ3) is 4.27. The van der Waals surface area contributed by atoms with Crippen LogP contribution in [0.3, 0.4) is 0 Å². The number of furan rings is 1. The van der Waals surface area contributed by atoms with E-state index < -0.39 is 5.41 Å². The van der Waals surface area contributed by atoms with Crippen LogP contribution in [0.5, 0.6) is 0 Å². The molecule has 0 fully saturated rings. The lowest BCUT2D eigenvalue weighted by molar-refractivity contribution is 0.670. The molecular formula is C52H31N3O. The lowest BCUT2D eigenvalue weighted by Gasteiger charge is -2.30. The highest BCUT2D eigenvalue weighted by Crippen LogP contribution is 2.63. The van der Waals surface area contributed by atoms with E-state index >= 15 is 0 Å². The van der Waals surface area contributed by atoms with Gasteiger partial charge in [0.1, 0.15) is 11.2 Å². The molecule has 2 aliphatic rings. The van der Waals surface area contributed by atoms with E-state index in [4.69, 9.17) is 19.4 Å². The van der Waals surface area contributed by atoms with Crippen molar-refractivity contribution in [3.8, 4) is 67.5 Å². The number of fused-ring (bicyclic) bond motifs is 13. The zero-order chi connectivity index (χ0) is 36.8. The Morgan fingerprint density at radius 2 is 0.804 bits per heavy atom. The Balaban J connectivity index is 1.11. The number of rotatable bonds is 4. The Kier molecular flexibility index (Phi) is 6.52. The van der Waals surface area contributed by atoms with Gasteiger partial charge in [-0.1, -0.05) is 164 Å². The van der Waals surface area contributed by atoms with Gasteiger partial charge in [-0.25, -0.2) is 15.0 Å². The van der Waals surface area contributed by atoms with E-state index in [2.05, 4.69) is 115 Å². The Bertz CT molecular complexity index is 3080. The van der Waals surface area contributed by atoms with Gasteiger partial charge < -0.3 is 4.42 Å². The number of benzene rings is 8. The van der Waals surface area contributed by atoms with E-state index in [0.717, 1.165) is 49.8 Å². The van der Waals surface area contributed by atoms with Crippen molar-refractivity contribution >= 4 is 21.9 Å². The molecule has 0 aliphatic heterocycles. The Labute approximate surface area is 323 Å². The van der Waals surface area contributed by atoms with E-state index in [-0.39, 0.29) is 0 Å². The second kappa shape index (κ2) is 11.8. The van der Waals surface area contributed by atoms with Gasteiger partial charge in [-0.05, 0) is 74.3 Å². The first kappa shape index (κ1) is 31.0. The summed E-state index contributed by atoms with van der Waals surface area (Å²) in [4.78, 5) is 15.2. The Morgan fingerprint density at radius 1 is 0.339 bits per heavy atom. The first-order valence-corrected chi connectivity index (χ1v) is 19.0. The van der Waals surface area contributed by atoms with Crippen molar-refractivity contribution in [3.63, 3.8) is 0 Å². The summed E-state index contributed by atoms with van der Waals surface area (Å²) in [7, 11) is 0. The van der Waals surface area contributed by atoms with Gasteiger partial charge in [0.2, 0.25) is 0 Å². The minimum absolute atomic E-state index is 0.436. The van der Waals surface area contributed by atoms with E-state index in [9.17, 15) is 0 Å². The van der Waals surface area contributed by atoms with E-state index in [1.165, 1.54) is 44.5 Å². The van der Waals surface area contributed by atoms with Gasteiger partial charge in [0.05, 0.1) is 5.41 Å². The summed E-state index contributed by atoms with van der Waals surface area (Å²) in [6.07, 6.45) is 0. The van der Waals surface area contributed by atoms with Gasteiger partial charge in [0.25, 0.3) is 0 Å². The highest BCUT2D eigenvalue weighted by Gasteiger charge is 2.51. The molecule has 0 unspecified atom stereocenters. The highest BCUT2D eigenvalue weighted by atomic mass is 16.3. The highest BCUT2D eigenvalue weighted by molar-refractivity contribution is 6.16. The predicted octanol–water partition coefficient (Wildman–Crippen LogP) is 12.8. The molecule has 0 saturated carbocycles. The van der Waals surface area contributed by atoms with Crippen molar-refractivity contribution in [2.45, 2.75) is 5.41 Å². The van der Waals surface area contributed by atoms with Crippen molar-refractivity contribution < 1.29 is 4.42 Å². The Morgan fingerprint density at radius 3 is 1.41 bits per heavy atom. The van der Waals surface area contributed by atoms with Gasteiger partial charge >= 0.3 is 0 Å². The van der Waals surface area contributed by atoms with E-state index in [0.29, 0.717) is 17.5 Å². The van der Waals surface area contributed by atoms with Gasteiger partial charge in [-0.2, -0.15) is 0 Å². The molecule has 0 atom stereocenters. The quantitative estimate of drug-likeness (QED) is 0.182. The van der Waals surface area contributed by atoms with Crippen molar-refractivity contribution in [1.82, 2.24) is 15.0 Å². The third-order valence-corrected chi connectivity index (χ3v) is 11.8. The molecule has 4 nitrogen and oxygen atoms in total. The molecule has 0 bridgehead atoms. The molecule has 12 rings (SSSR count). The van der Waals surface area contributed by atoms with Crippen LogP contribution in [-0.4, -0.2) is 15.0 Å². The summed E-state index contributed by atoms with van der Waals surface area (Å²) in [5.74, 6) is 1.85. The van der Waals surface area contributed by atoms with Crippen molar-refractivity contribution in [2.75, 3.05) is 0 Å². The zero-order valence-corrected chi connectivity index (χ0v) is 30.1. The molecule has 0 N–H and O–H groups in total. The van der Waals surface area contributed by atoms with Crippen LogP contribution in [0.2, 0.25) is 0 Å². The molecule has 260 valence electrons. The second-order valence-electron chi connectivity index (χ2n) is 14.6. The fraction of sp³-hybridized carbons (Fsp3) is 0.0192. The molecule has 0 amide bonds. The number of hydrogen-bond donors (Lipinski definition) is 0. The van der Waals surface area contributed by atoms with Crippen molar-refractivity contribution in [3.05, 3.63) is 210 Å². The summed E-state index contributed by atoms with van der Waals surface area (Å²) in [5, 5.41) is 2.00. The zero-order valence-electron chi connectivity index (χ0n) is 30.1. The fourth-order valence-electron chi connectivity index (χ4n) is 9.43. The van der Waals surface area contributed by atoms with Crippen LogP contribution in [0.1, 0.15) is 22.3 Å². The summed E-state index contributed by atoms with van der Waals surface area (Å²) >= 11 is 0.